The minimum Gasteiger partial charge on any atom is -0.301 e. The Balaban J connectivity index is 2.38. The van der Waals surface area contributed by atoms with E-state index >= 15 is 0 Å². The zero-order valence-corrected chi connectivity index (χ0v) is 16.8. The summed E-state index contributed by atoms with van der Waals surface area (Å²) in [5.74, 6) is -0.213. The highest BCUT2D eigenvalue weighted by atomic mass is 79.9. The molecule has 134 valence electrons. The summed E-state index contributed by atoms with van der Waals surface area (Å²) in [6.07, 6.45) is 3.06. The molecule has 1 N–H and O–H groups in total. The van der Waals surface area contributed by atoms with Crippen LogP contribution in [0.3, 0.4) is 0 Å². The van der Waals surface area contributed by atoms with Gasteiger partial charge in [0, 0.05) is 13.1 Å². The number of sulfonamides is 1. The van der Waals surface area contributed by atoms with E-state index in [4.69, 9.17) is 0 Å². The van der Waals surface area contributed by atoms with Crippen molar-refractivity contribution in [3.8, 4) is 0 Å². The number of thiazole rings is 1. The first-order valence-corrected chi connectivity index (χ1v) is 10.5. The molecule has 1 amide bonds. The van der Waals surface area contributed by atoms with E-state index in [1.165, 1.54) is 33.9 Å². The van der Waals surface area contributed by atoms with Gasteiger partial charge in [0.25, 0.3) is 0 Å². The zero-order chi connectivity index (χ0) is 18.6. The molecule has 2 rings (SSSR count). The fourth-order valence-corrected chi connectivity index (χ4v) is 4.54. The minimum atomic E-state index is -3.67. The topological polar surface area (TPSA) is 79.4 Å². The number of carbonyl (C=O) groups is 1. The Morgan fingerprint density at radius 3 is 2.60 bits per heavy atom. The lowest BCUT2D eigenvalue weighted by atomic mass is 10.3. The van der Waals surface area contributed by atoms with Crippen LogP contribution in [-0.4, -0.2) is 41.5 Å². The molecular weight excluding hydrogens is 426 g/mol. The van der Waals surface area contributed by atoms with Crippen LogP contribution in [0.2, 0.25) is 0 Å². The van der Waals surface area contributed by atoms with Crippen molar-refractivity contribution in [2.45, 2.75) is 16.6 Å². The van der Waals surface area contributed by atoms with Crippen LogP contribution in [-0.2, 0) is 14.8 Å². The fourth-order valence-electron chi connectivity index (χ4n) is 2.03. The summed E-state index contributed by atoms with van der Waals surface area (Å²) in [5.41, 5.74) is 0.625. The van der Waals surface area contributed by atoms with Crippen LogP contribution in [0.5, 0.6) is 0 Å². The summed E-state index contributed by atoms with van der Waals surface area (Å²) in [7, 11) is -3.67. The number of rotatable bonds is 8. The molecule has 1 unspecified atom stereocenters. The highest BCUT2D eigenvalue weighted by Crippen LogP contribution is 2.29. The largest absolute Gasteiger partial charge is 0.301 e. The van der Waals surface area contributed by atoms with E-state index in [0.717, 1.165) is 0 Å². The van der Waals surface area contributed by atoms with Crippen molar-refractivity contribution in [2.24, 2.45) is 0 Å². The number of anilines is 1. The lowest BCUT2D eigenvalue weighted by molar-refractivity contribution is -0.115. The molecule has 0 spiro atoms. The van der Waals surface area contributed by atoms with Gasteiger partial charge in [-0.3, -0.25) is 4.79 Å². The van der Waals surface area contributed by atoms with Crippen molar-refractivity contribution >= 4 is 58.5 Å². The number of amides is 1. The predicted molar refractivity (Wildman–Crippen MR) is 106 cm³/mol. The first-order valence-electron chi connectivity index (χ1n) is 7.37. The minimum absolute atomic E-state index is 0.166. The molecule has 1 aromatic carbocycles. The van der Waals surface area contributed by atoms with Crippen molar-refractivity contribution in [1.82, 2.24) is 9.29 Å². The van der Waals surface area contributed by atoms with E-state index in [-0.39, 0.29) is 28.7 Å². The number of fused-ring (bicyclic) bond motifs is 1. The van der Waals surface area contributed by atoms with Crippen LogP contribution >= 0.6 is 27.3 Å². The van der Waals surface area contributed by atoms with Crippen LogP contribution in [0, 0.1) is 0 Å². The molecule has 6 nitrogen and oxygen atoms in total. The zero-order valence-electron chi connectivity index (χ0n) is 13.6. The molecule has 0 radical (unpaired) electrons. The van der Waals surface area contributed by atoms with Gasteiger partial charge in [-0.25, -0.2) is 13.4 Å². The molecule has 0 aliphatic heterocycles. The lowest BCUT2D eigenvalue weighted by Crippen LogP contribution is -2.31. The molecule has 1 aromatic heterocycles. The van der Waals surface area contributed by atoms with E-state index in [1.54, 1.807) is 19.1 Å². The highest BCUT2D eigenvalue weighted by Gasteiger charge is 2.23. The number of nitrogens with one attached hydrogen (secondary N) is 1. The average Bonchev–Trinajstić information content (AvgIpc) is 2.95. The van der Waals surface area contributed by atoms with Gasteiger partial charge in [0.15, 0.2) is 5.13 Å². The van der Waals surface area contributed by atoms with E-state index in [0.29, 0.717) is 15.3 Å². The third-order valence-electron chi connectivity index (χ3n) is 3.25. The van der Waals surface area contributed by atoms with Gasteiger partial charge in [-0.05, 0) is 25.1 Å². The van der Waals surface area contributed by atoms with Gasteiger partial charge in [-0.1, -0.05) is 39.4 Å². The van der Waals surface area contributed by atoms with Crippen molar-refractivity contribution in [2.75, 3.05) is 18.4 Å². The van der Waals surface area contributed by atoms with Crippen LogP contribution in [0.4, 0.5) is 5.13 Å². The average molecular weight is 444 g/mol. The molecule has 9 heteroatoms. The Morgan fingerprint density at radius 2 is 2.04 bits per heavy atom. The molecule has 0 aliphatic rings. The summed E-state index contributed by atoms with van der Waals surface area (Å²) >= 11 is 4.41. The highest BCUT2D eigenvalue weighted by molar-refractivity contribution is 9.10. The Kier molecular flexibility index (Phi) is 6.50. The molecule has 0 fully saturated rings. The second-order valence-corrected chi connectivity index (χ2v) is 9.50. The standard InChI is InChI=1S/C16H18BrN3O3S2/c1-4-8-20(9-5-2)25(22,23)12-6-7-13-14(10-12)24-16(18-13)19-15(21)11(3)17/h4-7,10-11H,1-2,8-9H2,3H3,(H,18,19,21). The van der Waals surface area contributed by atoms with Gasteiger partial charge in [-0.15, -0.1) is 13.2 Å². The Bertz CT molecular complexity index is 896. The molecular formula is C16H18BrN3O3S2. The van der Waals surface area contributed by atoms with Crippen LogP contribution < -0.4 is 5.32 Å². The van der Waals surface area contributed by atoms with Gasteiger partial charge in [0.2, 0.25) is 15.9 Å². The monoisotopic (exact) mass is 443 g/mol. The van der Waals surface area contributed by atoms with E-state index in [9.17, 15) is 13.2 Å². The third-order valence-corrected chi connectivity index (χ3v) is 6.43. The molecule has 2 aromatic rings. The Hall–Kier alpha value is -1.55. The molecule has 1 atom stereocenters. The molecule has 1 heterocycles. The second-order valence-electron chi connectivity index (χ2n) is 5.15. The molecule has 0 bridgehead atoms. The normalized spacial score (nSPS) is 12.9. The Morgan fingerprint density at radius 1 is 1.40 bits per heavy atom. The SMILES string of the molecule is C=CCN(CC=C)S(=O)(=O)c1ccc2nc(NC(=O)C(C)Br)sc2c1. The number of hydrogen-bond donors (Lipinski definition) is 1. The smallest absolute Gasteiger partial charge is 0.243 e. The van der Waals surface area contributed by atoms with Gasteiger partial charge in [-0.2, -0.15) is 4.31 Å². The number of aromatic nitrogens is 1. The lowest BCUT2D eigenvalue weighted by Gasteiger charge is -2.18. The van der Waals surface area contributed by atoms with Crippen LogP contribution in [0.25, 0.3) is 10.2 Å². The maximum Gasteiger partial charge on any atom is 0.243 e. The summed E-state index contributed by atoms with van der Waals surface area (Å²) in [6.45, 7) is 9.28. The van der Waals surface area contributed by atoms with E-state index < -0.39 is 10.0 Å². The summed E-state index contributed by atoms with van der Waals surface area (Å²) in [5, 5.41) is 3.11. The van der Waals surface area contributed by atoms with Gasteiger partial charge in [0.05, 0.1) is 19.9 Å². The van der Waals surface area contributed by atoms with E-state index in [1.807, 2.05) is 0 Å². The summed E-state index contributed by atoms with van der Waals surface area (Å²) < 4.78 is 27.5. The van der Waals surface area contributed by atoms with Crippen molar-refractivity contribution in [3.05, 3.63) is 43.5 Å². The summed E-state index contributed by atoms with van der Waals surface area (Å²) in [6, 6.07) is 4.70. The Labute approximate surface area is 159 Å². The van der Waals surface area contributed by atoms with Crippen molar-refractivity contribution < 1.29 is 13.2 Å². The first kappa shape index (κ1) is 19.8. The number of hydrogen-bond acceptors (Lipinski definition) is 5. The van der Waals surface area contributed by atoms with Gasteiger partial charge < -0.3 is 5.32 Å². The second kappa shape index (κ2) is 8.22. The number of benzene rings is 1. The van der Waals surface area contributed by atoms with E-state index in [2.05, 4.69) is 39.4 Å². The van der Waals surface area contributed by atoms with Crippen LogP contribution in [0.1, 0.15) is 6.92 Å². The number of halogens is 1. The van der Waals surface area contributed by atoms with Crippen LogP contribution in [0.15, 0.2) is 48.4 Å². The molecule has 0 aliphatic carbocycles. The predicted octanol–water partition coefficient (Wildman–Crippen LogP) is 3.38. The number of alkyl halides is 1. The number of carbonyl (C=O) groups excluding carboxylic acids is 1. The van der Waals surface area contributed by atoms with Gasteiger partial charge >= 0.3 is 0 Å². The quantitative estimate of drug-likeness (QED) is 0.500. The summed E-state index contributed by atoms with van der Waals surface area (Å²) in [4.78, 5) is 15.9. The molecule has 0 saturated heterocycles. The van der Waals surface area contributed by atoms with Crippen molar-refractivity contribution in [1.29, 1.82) is 0 Å². The molecule has 25 heavy (non-hydrogen) atoms. The fraction of sp³-hybridized carbons (Fsp3) is 0.250. The molecule has 0 saturated carbocycles. The maximum atomic E-state index is 12.8. The maximum absolute atomic E-state index is 12.8. The van der Waals surface area contributed by atoms with Crippen molar-refractivity contribution in [3.63, 3.8) is 0 Å². The van der Waals surface area contributed by atoms with Gasteiger partial charge in [0.1, 0.15) is 0 Å². The third kappa shape index (κ3) is 4.55. The first-order chi connectivity index (χ1) is 11.8. The number of nitrogens with zero attached hydrogens (tertiary/aromatic N) is 2.